The SMILES string of the molecule is CCN(CC)Cc1cc2c(o1)CN(CCCc1cccc(CCc3ccccc3)c1)CC2. The third-order valence-corrected chi connectivity index (χ3v) is 6.76. The van der Waals surface area contributed by atoms with E-state index < -0.39 is 0 Å². The molecule has 0 saturated heterocycles. The van der Waals surface area contributed by atoms with E-state index in [1.165, 1.54) is 34.4 Å². The quantitative estimate of drug-likeness (QED) is 0.378. The summed E-state index contributed by atoms with van der Waals surface area (Å²) in [4.78, 5) is 4.97. The molecule has 0 radical (unpaired) electrons. The average Bonchev–Trinajstić information content (AvgIpc) is 3.24. The van der Waals surface area contributed by atoms with Crippen LogP contribution in [0.4, 0.5) is 0 Å². The number of hydrogen-bond acceptors (Lipinski definition) is 3. The fourth-order valence-corrected chi connectivity index (χ4v) is 4.75. The van der Waals surface area contributed by atoms with Gasteiger partial charge in [0.05, 0.1) is 13.1 Å². The molecule has 0 amide bonds. The number of benzene rings is 2. The molecule has 0 saturated carbocycles. The second-order valence-corrected chi connectivity index (χ2v) is 9.06. The van der Waals surface area contributed by atoms with E-state index in [1.54, 1.807) is 0 Å². The van der Waals surface area contributed by atoms with Crippen molar-refractivity contribution in [1.82, 2.24) is 9.80 Å². The Morgan fingerprint density at radius 3 is 2.34 bits per heavy atom. The Hall–Kier alpha value is -2.36. The number of nitrogens with zero attached hydrogens (tertiary/aromatic N) is 2. The topological polar surface area (TPSA) is 19.6 Å². The van der Waals surface area contributed by atoms with Crippen LogP contribution in [0.3, 0.4) is 0 Å². The lowest BCUT2D eigenvalue weighted by Crippen LogP contribution is -2.30. The number of hydrogen-bond donors (Lipinski definition) is 0. The van der Waals surface area contributed by atoms with Crippen LogP contribution in [0.1, 0.15) is 54.0 Å². The van der Waals surface area contributed by atoms with Gasteiger partial charge < -0.3 is 4.42 Å². The van der Waals surface area contributed by atoms with Gasteiger partial charge in [0.1, 0.15) is 11.5 Å². The summed E-state index contributed by atoms with van der Waals surface area (Å²) >= 11 is 0. The Morgan fingerprint density at radius 2 is 1.56 bits per heavy atom. The van der Waals surface area contributed by atoms with Gasteiger partial charge in [0.2, 0.25) is 0 Å². The van der Waals surface area contributed by atoms with Gasteiger partial charge in [0, 0.05) is 6.54 Å². The molecule has 3 nitrogen and oxygen atoms in total. The Balaban J connectivity index is 1.23. The summed E-state index contributed by atoms with van der Waals surface area (Å²) in [7, 11) is 0. The zero-order valence-electron chi connectivity index (χ0n) is 19.9. The predicted molar refractivity (Wildman–Crippen MR) is 133 cm³/mol. The van der Waals surface area contributed by atoms with Crippen molar-refractivity contribution < 1.29 is 4.42 Å². The molecule has 1 aliphatic heterocycles. The zero-order chi connectivity index (χ0) is 22.2. The van der Waals surface area contributed by atoms with Gasteiger partial charge in [-0.1, -0.05) is 68.4 Å². The molecule has 170 valence electrons. The number of aryl methyl sites for hydroxylation is 3. The molecule has 0 N–H and O–H groups in total. The molecular weight excluding hydrogens is 392 g/mol. The van der Waals surface area contributed by atoms with Crippen LogP contribution >= 0.6 is 0 Å². The van der Waals surface area contributed by atoms with E-state index >= 15 is 0 Å². The van der Waals surface area contributed by atoms with E-state index in [4.69, 9.17) is 4.42 Å². The van der Waals surface area contributed by atoms with Crippen LogP contribution in [0, 0.1) is 0 Å². The first kappa shape index (κ1) is 22.8. The minimum absolute atomic E-state index is 0.931. The van der Waals surface area contributed by atoms with Gasteiger partial charge in [-0.05, 0) is 80.1 Å². The van der Waals surface area contributed by atoms with Crippen LogP contribution in [0.5, 0.6) is 0 Å². The largest absolute Gasteiger partial charge is 0.463 e. The van der Waals surface area contributed by atoms with Gasteiger partial charge in [-0.25, -0.2) is 0 Å². The summed E-state index contributed by atoms with van der Waals surface area (Å²) in [6.07, 6.45) is 5.69. The Morgan fingerprint density at radius 1 is 0.844 bits per heavy atom. The van der Waals surface area contributed by atoms with Gasteiger partial charge in [0.25, 0.3) is 0 Å². The second kappa shape index (κ2) is 11.5. The number of rotatable bonds is 11. The summed E-state index contributed by atoms with van der Waals surface area (Å²) in [5.41, 5.74) is 5.76. The van der Waals surface area contributed by atoms with Gasteiger partial charge in [-0.15, -0.1) is 0 Å². The summed E-state index contributed by atoms with van der Waals surface area (Å²) in [6.45, 7) is 10.8. The lowest BCUT2D eigenvalue weighted by Gasteiger charge is -2.25. The second-order valence-electron chi connectivity index (χ2n) is 9.06. The molecule has 0 bridgehead atoms. The molecule has 0 atom stereocenters. The highest BCUT2D eigenvalue weighted by molar-refractivity contribution is 5.26. The molecule has 4 rings (SSSR count). The summed E-state index contributed by atoms with van der Waals surface area (Å²) in [5.74, 6) is 2.33. The first-order chi connectivity index (χ1) is 15.7. The molecule has 1 aromatic heterocycles. The highest BCUT2D eigenvalue weighted by Crippen LogP contribution is 2.24. The van der Waals surface area contributed by atoms with Crippen LogP contribution in [-0.2, 0) is 38.8 Å². The van der Waals surface area contributed by atoms with E-state index in [2.05, 4.69) is 84.3 Å². The maximum Gasteiger partial charge on any atom is 0.121 e. The lowest BCUT2D eigenvalue weighted by molar-refractivity contribution is 0.216. The van der Waals surface area contributed by atoms with Gasteiger partial charge in [-0.2, -0.15) is 0 Å². The van der Waals surface area contributed by atoms with Crippen molar-refractivity contribution >= 4 is 0 Å². The number of fused-ring (bicyclic) bond motifs is 1. The van der Waals surface area contributed by atoms with E-state index in [-0.39, 0.29) is 0 Å². The smallest absolute Gasteiger partial charge is 0.121 e. The maximum atomic E-state index is 6.23. The third-order valence-electron chi connectivity index (χ3n) is 6.76. The minimum atomic E-state index is 0.931. The summed E-state index contributed by atoms with van der Waals surface area (Å²) in [5, 5.41) is 0. The van der Waals surface area contributed by atoms with Crippen molar-refractivity contribution in [2.75, 3.05) is 26.2 Å². The molecule has 0 unspecified atom stereocenters. The van der Waals surface area contributed by atoms with Gasteiger partial charge in [0.15, 0.2) is 0 Å². The van der Waals surface area contributed by atoms with Crippen molar-refractivity contribution in [3.05, 3.63) is 94.4 Å². The van der Waals surface area contributed by atoms with Crippen LogP contribution in [0.25, 0.3) is 0 Å². The molecule has 32 heavy (non-hydrogen) atoms. The van der Waals surface area contributed by atoms with Crippen LogP contribution in [0.15, 0.2) is 65.1 Å². The Kier molecular flexibility index (Phi) is 8.19. The predicted octanol–water partition coefficient (Wildman–Crippen LogP) is 5.90. The molecular formula is C29H38N2O. The summed E-state index contributed by atoms with van der Waals surface area (Å²) < 4.78 is 6.23. The minimum Gasteiger partial charge on any atom is -0.463 e. The van der Waals surface area contributed by atoms with E-state index in [0.29, 0.717) is 0 Å². The van der Waals surface area contributed by atoms with E-state index in [9.17, 15) is 0 Å². The van der Waals surface area contributed by atoms with Crippen molar-refractivity contribution in [3.63, 3.8) is 0 Å². The molecule has 3 heteroatoms. The van der Waals surface area contributed by atoms with Crippen molar-refractivity contribution in [2.45, 2.75) is 59.0 Å². The fraction of sp³-hybridized carbons (Fsp3) is 0.448. The first-order valence-electron chi connectivity index (χ1n) is 12.4. The van der Waals surface area contributed by atoms with Crippen molar-refractivity contribution in [3.8, 4) is 0 Å². The standard InChI is InChI=1S/C29H38N2O/c1-3-30(4-2)22-28-21-27-17-19-31(23-29(27)32-28)18-9-14-25-12-8-13-26(20-25)16-15-24-10-6-5-7-11-24/h5-8,10-13,20-21H,3-4,9,14-19,22-23H2,1-2H3. The molecule has 2 heterocycles. The first-order valence-corrected chi connectivity index (χ1v) is 12.4. The molecule has 0 spiro atoms. The highest BCUT2D eigenvalue weighted by Gasteiger charge is 2.21. The third kappa shape index (κ3) is 6.34. The molecule has 2 aromatic carbocycles. The van der Waals surface area contributed by atoms with Crippen LogP contribution in [-0.4, -0.2) is 36.0 Å². The fourth-order valence-electron chi connectivity index (χ4n) is 4.75. The Labute approximate surface area is 194 Å². The van der Waals surface area contributed by atoms with E-state index in [1.807, 2.05) is 0 Å². The normalized spacial score (nSPS) is 14.1. The summed E-state index contributed by atoms with van der Waals surface area (Å²) in [6, 6.07) is 22.3. The van der Waals surface area contributed by atoms with Gasteiger partial charge in [-0.3, -0.25) is 9.80 Å². The average molecular weight is 431 g/mol. The monoisotopic (exact) mass is 430 g/mol. The molecule has 3 aromatic rings. The van der Waals surface area contributed by atoms with Crippen molar-refractivity contribution in [2.24, 2.45) is 0 Å². The van der Waals surface area contributed by atoms with Crippen LogP contribution < -0.4 is 0 Å². The Bertz CT molecular complexity index is 958. The van der Waals surface area contributed by atoms with Gasteiger partial charge >= 0.3 is 0 Å². The lowest BCUT2D eigenvalue weighted by atomic mass is 10.0. The maximum absolute atomic E-state index is 6.23. The number of furan rings is 1. The van der Waals surface area contributed by atoms with Crippen LogP contribution in [0.2, 0.25) is 0 Å². The zero-order valence-corrected chi connectivity index (χ0v) is 19.9. The molecule has 0 aliphatic carbocycles. The van der Waals surface area contributed by atoms with Crippen molar-refractivity contribution in [1.29, 1.82) is 0 Å². The van der Waals surface area contributed by atoms with E-state index in [0.717, 1.165) is 70.7 Å². The highest BCUT2D eigenvalue weighted by atomic mass is 16.3. The molecule has 1 aliphatic rings. The molecule has 0 fully saturated rings.